The summed E-state index contributed by atoms with van der Waals surface area (Å²) >= 11 is 3.66. The molecule has 0 aromatic heterocycles. The highest BCUT2D eigenvalue weighted by molar-refractivity contribution is 9.10. The number of halogens is 1. The van der Waals surface area contributed by atoms with Gasteiger partial charge in [0.15, 0.2) is 0 Å². The summed E-state index contributed by atoms with van der Waals surface area (Å²) in [5.74, 6) is 0.456. The van der Waals surface area contributed by atoms with Crippen molar-refractivity contribution in [2.45, 2.75) is 63.2 Å². The van der Waals surface area contributed by atoms with Crippen LogP contribution in [-0.4, -0.2) is 11.7 Å². The molecule has 0 bridgehead atoms. The van der Waals surface area contributed by atoms with Crippen molar-refractivity contribution in [3.63, 3.8) is 0 Å². The summed E-state index contributed by atoms with van der Waals surface area (Å²) in [7, 11) is 0. The van der Waals surface area contributed by atoms with Gasteiger partial charge in [-0.3, -0.25) is 0 Å². The standard InChI is InChI=1S/C17H24BrNO/c18-15-13-7-3-1-2-6-12(13)10-14(16(15)20)17(11-19)8-4-5-9-17/h10,20H,1-9,11,19H2. The van der Waals surface area contributed by atoms with Gasteiger partial charge in [0.1, 0.15) is 5.75 Å². The molecule has 3 rings (SSSR count). The fourth-order valence-corrected chi connectivity index (χ4v) is 4.73. The molecular weight excluding hydrogens is 314 g/mol. The molecule has 0 spiro atoms. The number of hydrogen-bond acceptors (Lipinski definition) is 2. The van der Waals surface area contributed by atoms with E-state index in [0.29, 0.717) is 12.3 Å². The molecule has 2 nitrogen and oxygen atoms in total. The van der Waals surface area contributed by atoms with Crippen molar-refractivity contribution in [2.24, 2.45) is 5.73 Å². The first kappa shape index (κ1) is 14.4. The van der Waals surface area contributed by atoms with Gasteiger partial charge in [-0.1, -0.05) is 25.3 Å². The Hall–Kier alpha value is -0.540. The first-order chi connectivity index (χ1) is 9.68. The van der Waals surface area contributed by atoms with Crippen molar-refractivity contribution in [3.8, 4) is 5.75 Å². The Morgan fingerprint density at radius 1 is 1.10 bits per heavy atom. The average molecular weight is 338 g/mol. The summed E-state index contributed by atoms with van der Waals surface area (Å²) in [5, 5.41) is 10.7. The van der Waals surface area contributed by atoms with E-state index < -0.39 is 0 Å². The molecule has 0 amide bonds. The van der Waals surface area contributed by atoms with E-state index in [0.717, 1.165) is 35.7 Å². The Bertz CT molecular complexity index is 506. The van der Waals surface area contributed by atoms with Crippen molar-refractivity contribution in [3.05, 3.63) is 27.2 Å². The van der Waals surface area contributed by atoms with Crippen LogP contribution in [0.25, 0.3) is 0 Å². The van der Waals surface area contributed by atoms with Crippen LogP contribution in [0.3, 0.4) is 0 Å². The first-order valence-corrected chi connectivity index (χ1v) is 8.71. The summed E-state index contributed by atoms with van der Waals surface area (Å²) in [6, 6.07) is 2.28. The van der Waals surface area contributed by atoms with Crippen LogP contribution in [0.15, 0.2) is 10.5 Å². The second kappa shape index (κ2) is 5.69. The number of fused-ring (bicyclic) bond motifs is 1. The molecule has 20 heavy (non-hydrogen) atoms. The molecule has 0 atom stereocenters. The van der Waals surface area contributed by atoms with E-state index in [1.54, 1.807) is 0 Å². The van der Waals surface area contributed by atoms with Crippen molar-refractivity contribution in [1.29, 1.82) is 0 Å². The number of nitrogens with two attached hydrogens (primary N) is 1. The van der Waals surface area contributed by atoms with Gasteiger partial charge in [0, 0.05) is 17.5 Å². The number of phenolic OH excluding ortho intramolecular Hbond substituents is 1. The molecule has 1 aromatic carbocycles. The van der Waals surface area contributed by atoms with Gasteiger partial charge in [-0.15, -0.1) is 0 Å². The van der Waals surface area contributed by atoms with Gasteiger partial charge in [-0.25, -0.2) is 0 Å². The van der Waals surface area contributed by atoms with Gasteiger partial charge in [-0.2, -0.15) is 0 Å². The number of rotatable bonds is 2. The van der Waals surface area contributed by atoms with Gasteiger partial charge in [0.05, 0.1) is 4.47 Å². The lowest BCUT2D eigenvalue weighted by Crippen LogP contribution is -2.32. The largest absolute Gasteiger partial charge is 0.506 e. The molecular formula is C17H24BrNO. The maximum absolute atomic E-state index is 10.7. The molecule has 0 radical (unpaired) electrons. The topological polar surface area (TPSA) is 46.2 Å². The second-order valence-electron chi connectivity index (χ2n) is 6.48. The van der Waals surface area contributed by atoms with Gasteiger partial charge < -0.3 is 10.8 Å². The maximum atomic E-state index is 10.7. The zero-order chi connectivity index (χ0) is 14.2. The molecule has 0 unspecified atom stereocenters. The number of aryl methyl sites for hydroxylation is 1. The molecule has 1 fully saturated rings. The number of aromatic hydroxyl groups is 1. The van der Waals surface area contributed by atoms with E-state index in [2.05, 4.69) is 22.0 Å². The molecule has 3 N–H and O–H groups in total. The van der Waals surface area contributed by atoms with E-state index in [1.807, 2.05) is 0 Å². The van der Waals surface area contributed by atoms with Crippen LogP contribution in [-0.2, 0) is 18.3 Å². The molecule has 3 heteroatoms. The zero-order valence-corrected chi connectivity index (χ0v) is 13.6. The third kappa shape index (κ3) is 2.29. The van der Waals surface area contributed by atoms with Gasteiger partial charge in [-0.05, 0) is 65.6 Å². The van der Waals surface area contributed by atoms with Gasteiger partial charge >= 0.3 is 0 Å². The van der Waals surface area contributed by atoms with Crippen LogP contribution in [0.1, 0.15) is 61.6 Å². The van der Waals surface area contributed by atoms with E-state index in [1.165, 1.54) is 43.2 Å². The molecule has 0 heterocycles. The van der Waals surface area contributed by atoms with E-state index in [4.69, 9.17) is 5.73 Å². The van der Waals surface area contributed by atoms with Crippen LogP contribution in [0.4, 0.5) is 0 Å². The van der Waals surface area contributed by atoms with Crippen molar-refractivity contribution >= 4 is 15.9 Å². The lowest BCUT2D eigenvalue weighted by molar-refractivity contribution is 0.402. The monoisotopic (exact) mass is 337 g/mol. The Morgan fingerprint density at radius 3 is 2.50 bits per heavy atom. The quantitative estimate of drug-likeness (QED) is 0.794. The molecule has 2 aliphatic rings. The predicted molar refractivity (Wildman–Crippen MR) is 86.3 cm³/mol. The SMILES string of the molecule is NCC1(c2cc3c(c(Br)c2O)CCCCC3)CCCC1. The van der Waals surface area contributed by atoms with Crippen molar-refractivity contribution in [2.75, 3.05) is 6.54 Å². The third-order valence-corrected chi connectivity index (χ3v) is 6.18. The number of phenols is 1. The fraction of sp³-hybridized carbons (Fsp3) is 0.647. The molecule has 0 saturated heterocycles. The van der Waals surface area contributed by atoms with E-state index >= 15 is 0 Å². The highest BCUT2D eigenvalue weighted by Gasteiger charge is 2.37. The summed E-state index contributed by atoms with van der Waals surface area (Å²) in [6.07, 6.45) is 10.7. The van der Waals surface area contributed by atoms with Crippen LogP contribution in [0, 0.1) is 0 Å². The Balaban J connectivity index is 2.12. The normalized spacial score (nSPS) is 21.5. The zero-order valence-electron chi connectivity index (χ0n) is 12.1. The minimum absolute atomic E-state index is 0.00787. The molecule has 1 saturated carbocycles. The lowest BCUT2D eigenvalue weighted by Gasteiger charge is -2.30. The fourth-order valence-electron chi connectivity index (χ4n) is 4.06. The highest BCUT2D eigenvalue weighted by atomic mass is 79.9. The van der Waals surface area contributed by atoms with Crippen molar-refractivity contribution in [1.82, 2.24) is 0 Å². The Labute approximate surface area is 129 Å². The van der Waals surface area contributed by atoms with E-state index in [9.17, 15) is 5.11 Å². The molecule has 0 aliphatic heterocycles. The number of hydrogen-bond donors (Lipinski definition) is 2. The summed E-state index contributed by atoms with van der Waals surface area (Å²) in [5.41, 5.74) is 9.97. The van der Waals surface area contributed by atoms with Crippen LogP contribution >= 0.6 is 15.9 Å². The summed E-state index contributed by atoms with van der Waals surface area (Å²) in [4.78, 5) is 0. The lowest BCUT2D eigenvalue weighted by atomic mass is 9.77. The maximum Gasteiger partial charge on any atom is 0.133 e. The molecule has 110 valence electrons. The third-order valence-electron chi connectivity index (χ3n) is 5.33. The van der Waals surface area contributed by atoms with Crippen LogP contribution < -0.4 is 5.73 Å². The minimum Gasteiger partial charge on any atom is -0.506 e. The Morgan fingerprint density at radius 2 is 1.80 bits per heavy atom. The molecule has 1 aromatic rings. The number of benzene rings is 1. The molecule has 2 aliphatic carbocycles. The van der Waals surface area contributed by atoms with Crippen LogP contribution in [0.2, 0.25) is 0 Å². The average Bonchev–Trinajstić information content (AvgIpc) is 2.82. The smallest absolute Gasteiger partial charge is 0.133 e. The van der Waals surface area contributed by atoms with E-state index in [-0.39, 0.29) is 5.41 Å². The van der Waals surface area contributed by atoms with Crippen LogP contribution in [0.5, 0.6) is 5.75 Å². The minimum atomic E-state index is 0.00787. The Kier molecular flexibility index (Phi) is 4.09. The second-order valence-corrected chi connectivity index (χ2v) is 7.27. The summed E-state index contributed by atoms with van der Waals surface area (Å²) in [6.45, 7) is 0.645. The predicted octanol–water partition coefficient (Wildman–Crippen LogP) is 4.19. The van der Waals surface area contributed by atoms with Gasteiger partial charge in [0.2, 0.25) is 0 Å². The van der Waals surface area contributed by atoms with Crippen molar-refractivity contribution < 1.29 is 5.11 Å². The van der Waals surface area contributed by atoms with Gasteiger partial charge in [0.25, 0.3) is 0 Å². The highest BCUT2D eigenvalue weighted by Crippen LogP contribution is 2.48. The summed E-state index contributed by atoms with van der Waals surface area (Å²) < 4.78 is 0.937. The first-order valence-electron chi connectivity index (χ1n) is 7.92.